The highest BCUT2D eigenvalue weighted by molar-refractivity contribution is 5.60. The van der Waals surface area contributed by atoms with Crippen LogP contribution in [0.3, 0.4) is 0 Å². The van der Waals surface area contributed by atoms with Crippen molar-refractivity contribution < 1.29 is 4.74 Å². The Balaban J connectivity index is 2.26. The Bertz CT molecular complexity index is 383. The summed E-state index contributed by atoms with van der Waals surface area (Å²) in [7, 11) is 0. The zero-order chi connectivity index (χ0) is 10.9. The maximum absolute atomic E-state index is 5.52. The summed E-state index contributed by atoms with van der Waals surface area (Å²) < 4.78 is 5.52. The predicted molar refractivity (Wildman–Crippen MR) is 64.1 cm³/mol. The van der Waals surface area contributed by atoms with Gasteiger partial charge in [-0.1, -0.05) is 32.9 Å². The van der Waals surface area contributed by atoms with Crippen LogP contribution in [0.4, 0.5) is 0 Å². The van der Waals surface area contributed by atoms with Crippen LogP contribution in [-0.4, -0.2) is 6.61 Å². The number of hydrogen-bond acceptors (Lipinski definition) is 1. The summed E-state index contributed by atoms with van der Waals surface area (Å²) in [6, 6.07) is 6.49. The normalized spacial score (nSPS) is 14.6. The molecule has 0 amide bonds. The summed E-state index contributed by atoms with van der Waals surface area (Å²) in [4.78, 5) is 0. The van der Waals surface area contributed by atoms with Gasteiger partial charge in [-0.05, 0) is 35.6 Å². The van der Waals surface area contributed by atoms with Crippen molar-refractivity contribution >= 4 is 6.08 Å². The fourth-order valence-corrected chi connectivity index (χ4v) is 1.89. The van der Waals surface area contributed by atoms with Crippen molar-refractivity contribution in [2.75, 3.05) is 6.61 Å². The minimum absolute atomic E-state index is 0.341. The molecular weight excluding hydrogens is 184 g/mol. The average molecular weight is 202 g/mol. The molecule has 0 aromatic heterocycles. The van der Waals surface area contributed by atoms with Crippen LogP contribution in [0, 0.1) is 5.41 Å². The van der Waals surface area contributed by atoms with E-state index in [2.05, 4.69) is 51.1 Å². The number of fused-ring (bicyclic) bond motifs is 1. The Kier molecular flexibility index (Phi) is 2.56. The fourth-order valence-electron chi connectivity index (χ4n) is 1.89. The maximum Gasteiger partial charge on any atom is 0.127 e. The average Bonchev–Trinajstić information content (AvgIpc) is 2.15. The smallest absolute Gasteiger partial charge is 0.127 e. The van der Waals surface area contributed by atoms with E-state index in [0.29, 0.717) is 12.0 Å². The summed E-state index contributed by atoms with van der Waals surface area (Å²) in [5.41, 5.74) is 2.94. The maximum atomic E-state index is 5.52. The van der Waals surface area contributed by atoms with E-state index in [1.807, 2.05) is 0 Å². The molecule has 0 fully saturated rings. The van der Waals surface area contributed by atoms with Gasteiger partial charge in [-0.3, -0.25) is 0 Å². The molecule has 1 aliphatic heterocycles. The van der Waals surface area contributed by atoms with E-state index < -0.39 is 0 Å². The third-order valence-corrected chi connectivity index (χ3v) is 2.44. The summed E-state index contributed by atoms with van der Waals surface area (Å²) in [5, 5.41) is 0. The molecule has 1 heterocycles. The van der Waals surface area contributed by atoms with Crippen LogP contribution in [0.2, 0.25) is 0 Å². The second-order valence-corrected chi connectivity index (χ2v) is 5.32. The topological polar surface area (TPSA) is 9.23 Å². The highest BCUT2D eigenvalue weighted by Gasteiger charge is 2.13. The quantitative estimate of drug-likeness (QED) is 0.675. The van der Waals surface area contributed by atoms with Gasteiger partial charge < -0.3 is 4.74 Å². The molecule has 1 aromatic carbocycles. The Morgan fingerprint density at radius 3 is 2.80 bits per heavy atom. The Hall–Kier alpha value is -1.24. The van der Waals surface area contributed by atoms with E-state index in [9.17, 15) is 0 Å². The third kappa shape index (κ3) is 2.62. The van der Waals surface area contributed by atoms with Crippen molar-refractivity contribution in [3.8, 4) is 5.75 Å². The molecule has 80 valence electrons. The van der Waals surface area contributed by atoms with Gasteiger partial charge in [0.15, 0.2) is 0 Å². The molecule has 0 spiro atoms. The van der Waals surface area contributed by atoms with Crippen LogP contribution >= 0.6 is 0 Å². The molecule has 2 rings (SSSR count). The number of benzene rings is 1. The molecule has 1 heteroatoms. The van der Waals surface area contributed by atoms with Gasteiger partial charge in [0.25, 0.3) is 0 Å². The lowest BCUT2D eigenvalue weighted by Crippen LogP contribution is -2.09. The number of hydrogen-bond donors (Lipinski definition) is 0. The van der Waals surface area contributed by atoms with Gasteiger partial charge in [-0.15, -0.1) is 0 Å². The Labute approximate surface area is 91.8 Å². The van der Waals surface area contributed by atoms with Crippen molar-refractivity contribution in [3.05, 3.63) is 35.4 Å². The first-order chi connectivity index (χ1) is 7.04. The second kappa shape index (κ2) is 3.73. The third-order valence-electron chi connectivity index (χ3n) is 2.44. The number of ether oxygens (including phenoxy) is 1. The summed E-state index contributed by atoms with van der Waals surface area (Å²) in [5.74, 6) is 1.01. The van der Waals surface area contributed by atoms with E-state index in [1.165, 1.54) is 11.1 Å². The van der Waals surface area contributed by atoms with Crippen LogP contribution in [0.5, 0.6) is 5.75 Å². The van der Waals surface area contributed by atoms with E-state index in [0.717, 1.165) is 12.2 Å². The lowest BCUT2D eigenvalue weighted by Gasteiger charge is -2.20. The van der Waals surface area contributed by atoms with E-state index in [-0.39, 0.29) is 0 Å². The second-order valence-electron chi connectivity index (χ2n) is 5.32. The van der Waals surface area contributed by atoms with Gasteiger partial charge in [-0.25, -0.2) is 0 Å². The van der Waals surface area contributed by atoms with Crippen molar-refractivity contribution in [2.24, 2.45) is 5.41 Å². The SMILES string of the molecule is CC(C)(C)Cc1ccc2c(c1)C=CCO2. The molecule has 1 aliphatic rings. The van der Waals surface area contributed by atoms with Crippen molar-refractivity contribution in [1.82, 2.24) is 0 Å². The highest BCUT2D eigenvalue weighted by Crippen LogP contribution is 2.28. The van der Waals surface area contributed by atoms with Crippen molar-refractivity contribution in [1.29, 1.82) is 0 Å². The molecule has 15 heavy (non-hydrogen) atoms. The zero-order valence-electron chi connectivity index (χ0n) is 9.71. The molecule has 0 atom stereocenters. The molecule has 1 aromatic rings. The zero-order valence-corrected chi connectivity index (χ0v) is 9.71. The lowest BCUT2D eigenvalue weighted by molar-refractivity contribution is 0.358. The van der Waals surface area contributed by atoms with Crippen LogP contribution in [-0.2, 0) is 6.42 Å². The molecule has 0 saturated heterocycles. The first-order valence-electron chi connectivity index (χ1n) is 5.47. The van der Waals surface area contributed by atoms with Crippen LogP contribution in [0.25, 0.3) is 6.08 Å². The molecule has 0 saturated carbocycles. The summed E-state index contributed by atoms with van der Waals surface area (Å²) in [6.07, 6.45) is 5.31. The molecule has 0 unspecified atom stereocenters. The molecular formula is C14H18O. The molecule has 0 radical (unpaired) electrons. The van der Waals surface area contributed by atoms with Crippen molar-refractivity contribution in [3.63, 3.8) is 0 Å². The molecule has 0 aliphatic carbocycles. The van der Waals surface area contributed by atoms with Gasteiger partial charge in [-0.2, -0.15) is 0 Å². The minimum Gasteiger partial charge on any atom is -0.489 e. The highest BCUT2D eigenvalue weighted by atomic mass is 16.5. The van der Waals surface area contributed by atoms with Gasteiger partial charge in [0.05, 0.1) is 0 Å². The van der Waals surface area contributed by atoms with Gasteiger partial charge in [0.2, 0.25) is 0 Å². The Morgan fingerprint density at radius 1 is 1.27 bits per heavy atom. The fraction of sp³-hybridized carbons (Fsp3) is 0.429. The van der Waals surface area contributed by atoms with E-state index in [4.69, 9.17) is 4.74 Å². The standard InChI is InChI=1S/C14H18O/c1-14(2,3)10-11-6-7-13-12(9-11)5-4-8-15-13/h4-7,9H,8,10H2,1-3H3. The van der Waals surface area contributed by atoms with Gasteiger partial charge in [0, 0.05) is 5.56 Å². The van der Waals surface area contributed by atoms with Crippen LogP contribution < -0.4 is 4.74 Å². The number of rotatable bonds is 1. The first-order valence-corrected chi connectivity index (χ1v) is 5.47. The monoisotopic (exact) mass is 202 g/mol. The van der Waals surface area contributed by atoms with Crippen LogP contribution in [0.15, 0.2) is 24.3 Å². The summed E-state index contributed by atoms with van der Waals surface area (Å²) >= 11 is 0. The van der Waals surface area contributed by atoms with Gasteiger partial charge >= 0.3 is 0 Å². The predicted octanol–water partition coefficient (Wildman–Crippen LogP) is 3.68. The van der Waals surface area contributed by atoms with E-state index >= 15 is 0 Å². The summed E-state index contributed by atoms with van der Waals surface area (Å²) in [6.45, 7) is 7.49. The minimum atomic E-state index is 0.341. The first kappa shape index (κ1) is 10.3. The van der Waals surface area contributed by atoms with Gasteiger partial charge in [0.1, 0.15) is 12.4 Å². The lowest BCUT2D eigenvalue weighted by atomic mass is 9.87. The van der Waals surface area contributed by atoms with Crippen molar-refractivity contribution in [2.45, 2.75) is 27.2 Å². The molecule has 1 nitrogen and oxygen atoms in total. The van der Waals surface area contributed by atoms with E-state index in [1.54, 1.807) is 0 Å². The van der Waals surface area contributed by atoms with Crippen LogP contribution in [0.1, 0.15) is 31.9 Å². The Morgan fingerprint density at radius 2 is 2.07 bits per heavy atom. The molecule has 0 N–H and O–H groups in total. The molecule has 0 bridgehead atoms. The largest absolute Gasteiger partial charge is 0.489 e.